The smallest absolute Gasteiger partial charge is 0.312 e. The topological polar surface area (TPSA) is 97.3 Å². The van der Waals surface area contributed by atoms with E-state index in [9.17, 15) is 4.39 Å². The second kappa shape index (κ2) is 8.69. The van der Waals surface area contributed by atoms with Gasteiger partial charge in [-0.3, -0.25) is 0 Å². The van der Waals surface area contributed by atoms with Crippen molar-refractivity contribution >= 4 is 28.6 Å². The van der Waals surface area contributed by atoms with Crippen LogP contribution >= 0.6 is 11.6 Å². The Morgan fingerprint density at radius 1 is 1.10 bits per heavy atom. The van der Waals surface area contributed by atoms with Crippen LogP contribution in [-0.2, 0) is 13.0 Å². The van der Waals surface area contributed by atoms with Gasteiger partial charge in [0.25, 0.3) is 0 Å². The Morgan fingerprint density at radius 3 is 2.45 bits per heavy atom. The van der Waals surface area contributed by atoms with Gasteiger partial charge in [-0.15, -0.1) is 0 Å². The molecule has 1 aromatic carbocycles. The number of anilines is 1. The molecule has 2 aromatic heterocycles. The minimum absolute atomic E-state index is 0.0000116. The summed E-state index contributed by atoms with van der Waals surface area (Å²) in [6, 6.07) is 1.77. The van der Waals surface area contributed by atoms with E-state index in [2.05, 4.69) is 21.9 Å². The first kappa shape index (κ1) is 20.9. The number of benzene rings is 1. The second-order valence-electron chi connectivity index (χ2n) is 6.38. The highest BCUT2D eigenvalue weighted by Gasteiger charge is 2.22. The third-order valence-corrected chi connectivity index (χ3v) is 5.02. The van der Waals surface area contributed by atoms with Gasteiger partial charge in [-0.25, -0.2) is 4.98 Å². The molecule has 2 N–H and O–H groups in total. The van der Waals surface area contributed by atoms with Crippen LogP contribution in [0.2, 0.25) is 5.02 Å². The summed E-state index contributed by atoms with van der Waals surface area (Å²) in [6.07, 6.45) is 1.27. The number of hydrogen-bond acceptors (Lipinski definition) is 7. The number of aryl methyl sites for hydroxylation is 1. The first-order chi connectivity index (χ1) is 13.9. The van der Waals surface area contributed by atoms with E-state index in [1.807, 2.05) is 4.57 Å². The van der Waals surface area contributed by atoms with Crippen molar-refractivity contribution < 1.29 is 18.6 Å². The first-order valence-electron chi connectivity index (χ1n) is 9.10. The summed E-state index contributed by atoms with van der Waals surface area (Å²) in [5.41, 5.74) is 7.31. The van der Waals surface area contributed by atoms with Gasteiger partial charge in [-0.2, -0.15) is 14.4 Å². The number of nitrogens with zero attached hydrogens (tertiary/aromatic N) is 4. The van der Waals surface area contributed by atoms with Gasteiger partial charge in [0.05, 0.1) is 26.4 Å². The highest BCUT2D eigenvalue weighted by molar-refractivity contribution is 6.33. The van der Waals surface area contributed by atoms with Crippen LogP contribution in [0.15, 0.2) is 6.07 Å². The molecule has 0 unspecified atom stereocenters. The average Bonchev–Trinajstić information content (AvgIpc) is 3.04. The largest absolute Gasteiger partial charge is 0.493 e. The number of nitrogen functional groups attached to an aromatic ring is 1. The number of halogens is 2. The minimum Gasteiger partial charge on any atom is -0.493 e. The third-order valence-electron chi connectivity index (χ3n) is 4.60. The van der Waals surface area contributed by atoms with E-state index >= 15 is 0 Å². The maximum absolute atomic E-state index is 13.8. The van der Waals surface area contributed by atoms with Gasteiger partial charge in [-0.1, -0.05) is 24.9 Å². The lowest BCUT2D eigenvalue weighted by Gasteiger charge is -2.16. The van der Waals surface area contributed by atoms with Crippen molar-refractivity contribution in [2.24, 2.45) is 0 Å². The number of imidazole rings is 1. The van der Waals surface area contributed by atoms with Gasteiger partial charge in [0, 0.05) is 13.0 Å². The lowest BCUT2D eigenvalue weighted by Crippen LogP contribution is -2.07. The number of nitrogens with two attached hydrogens (primary N) is 1. The molecule has 0 aliphatic carbocycles. The zero-order chi connectivity index (χ0) is 21.1. The fourth-order valence-corrected chi connectivity index (χ4v) is 3.48. The molecule has 29 heavy (non-hydrogen) atoms. The van der Waals surface area contributed by atoms with E-state index in [1.54, 1.807) is 6.07 Å². The van der Waals surface area contributed by atoms with Crippen LogP contribution in [0.5, 0.6) is 17.2 Å². The summed E-state index contributed by atoms with van der Waals surface area (Å²) < 4.78 is 31.8. The minimum atomic E-state index is -0.884. The van der Waals surface area contributed by atoms with Crippen LogP contribution in [0.4, 0.5) is 10.2 Å². The van der Waals surface area contributed by atoms with Gasteiger partial charge in [-0.05, 0) is 18.1 Å². The molecule has 0 bridgehead atoms. The van der Waals surface area contributed by atoms with E-state index in [0.717, 1.165) is 12.8 Å². The van der Waals surface area contributed by atoms with E-state index in [1.165, 1.54) is 21.3 Å². The number of fused-ring (bicyclic) bond motifs is 1. The number of methoxy groups -OCH3 is 3. The molecule has 3 aromatic rings. The molecule has 0 fully saturated rings. The average molecular weight is 424 g/mol. The van der Waals surface area contributed by atoms with Crippen molar-refractivity contribution in [2.75, 3.05) is 27.1 Å². The number of hydrogen-bond donors (Lipinski definition) is 1. The lowest BCUT2D eigenvalue weighted by molar-refractivity contribution is 0.324. The molecule has 3 rings (SSSR count). The zero-order valence-electron chi connectivity index (χ0n) is 16.8. The van der Waals surface area contributed by atoms with E-state index < -0.39 is 6.08 Å². The molecule has 0 amide bonds. The Hall–Kier alpha value is -2.81. The van der Waals surface area contributed by atoms with Crippen molar-refractivity contribution in [3.8, 4) is 17.2 Å². The quantitative estimate of drug-likeness (QED) is 0.552. The number of rotatable bonds is 8. The Morgan fingerprint density at radius 2 is 1.83 bits per heavy atom. The predicted octanol–water partition coefficient (Wildman–Crippen LogP) is 3.62. The molecular formula is C19H23ClFN5O3. The summed E-state index contributed by atoms with van der Waals surface area (Å²) in [5.74, 6) is 1.88. The van der Waals surface area contributed by atoms with E-state index in [4.69, 9.17) is 31.5 Å². The van der Waals surface area contributed by atoms with E-state index in [0.29, 0.717) is 57.8 Å². The molecule has 0 atom stereocenters. The molecule has 2 heterocycles. The summed E-state index contributed by atoms with van der Waals surface area (Å²) in [5, 5.41) is 0.379. The van der Waals surface area contributed by atoms with Gasteiger partial charge < -0.3 is 24.5 Å². The Balaban J connectivity index is 2.16. The molecule has 0 aliphatic heterocycles. The maximum Gasteiger partial charge on any atom is 0.312 e. The van der Waals surface area contributed by atoms with Gasteiger partial charge in [0.2, 0.25) is 5.75 Å². The molecule has 0 saturated heterocycles. The van der Waals surface area contributed by atoms with Gasteiger partial charge >= 0.3 is 6.08 Å². The van der Waals surface area contributed by atoms with Gasteiger partial charge in [0.15, 0.2) is 28.5 Å². The number of ether oxygens (including phenoxy) is 3. The molecule has 0 radical (unpaired) electrons. The monoisotopic (exact) mass is 423 g/mol. The number of unbranched alkanes of at least 4 members (excludes halogenated alkanes) is 1. The van der Waals surface area contributed by atoms with Gasteiger partial charge in [0.1, 0.15) is 5.82 Å². The normalized spacial score (nSPS) is 11.1. The molecule has 10 heteroatoms. The third kappa shape index (κ3) is 3.87. The SMILES string of the molecule is CCCCn1c(Cc2cc(OC)c(OC)c(OC)c2Cl)nc2c(N)nc(F)nc21. The van der Waals surface area contributed by atoms with Crippen LogP contribution in [0.25, 0.3) is 11.2 Å². The fourth-order valence-electron chi connectivity index (χ4n) is 3.20. The fraction of sp³-hybridized carbons (Fsp3) is 0.421. The Bertz CT molecular complexity index is 1040. The second-order valence-corrected chi connectivity index (χ2v) is 6.76. The van der Waals surface area contributed by atoms with Crippen molar-refractivity contribution in [3.05, 3.63) is 28.6 Å². The molecule has 0 spiro atoms. The predicted molar refractivity (Wildman–Crippen MR) is 109 cm³/mol. The van der Waals surface area contributed by atoms with E-state index in [-0.39, 0.29) is 5.82 Å². The van der Waals surface area contributed by atoms with Crippen molar-refractivity contribution in [1.29, 1.82) is 0 Å². The molecule has 156 valence electrons. The first-order valence-corrected chi connectivity index (χ1v) is 9.48. The summed E-state index contributed by atoms with van der Waals surface area (Å²) >= 11 is 6.57. The van der Waals surface area contributed by atoms with Crippen molar-refractivity contribution in [2.45, 2.75) is 32.7 Å². The molecule has 0 aliphatic rings. The summed E-state index contributed by atoms with van der Waals surface area (Å²) in [7, 11) is 4.55. The standard InChI is InChI=1S/C19H23ClFN5O3/c1-5-6-7-26-12(23-14-17(22)24-19(21)25-18(14)26)9-10-8-11(27-2)15(28-3)16(29-4)13(10)20/h8H,5-7,9H2,1-4H3,(H2,22,24,25). The van der Waals surface area contributed by atoms with Crippen molar-refractivity contribution in [3.63, 3.8) is 0 Å². The Labute approximate surface area is 172 Å². The summed E-state index contributed by atoms with van der Waals surface area (Å²) in [6.45, 7) is 2.68. The Kier molecular flexibility index (Phi) is 6.26. The van der Waals surface area contributed by atoms with Crippen LogP contribution < -0.4 is 19.9 Å². The summed E-state index contributed by atoms with van der Waals surface area (Å²) in [4.78, 5) is 12.1. The molecule has 0 saturated carbocycles. The highest BCUT2D eigenvalue weighted by atomic mass is 35.5. The molecular weight excluding hydrogens is 401 g/mol. The lowest BCUT2D eigenvalue weighted by atomic mass is 10.1. The highest BCUT2D eigenvalue weighted by Crippen LogP contribution is 2.45. The van der Waals surface area contributed by atoms with Crippen LogP contribution in [0.3, 0.4) is 0 Å². The molecule has 8 nitrogen and oxygen atoms in total. The number of aromatic nitrogens is 4. The van der Waals surface area contributed by atoms with Crippen LogP contribution in [-0.4, -0.2) is 40.8 Å². The van der Waals surface area contributed by atoms with Crippen molar-refractivity contribution in [1.82, 2.24) is 19.5 Å². The van der Waals surface area contributed by atoms with Crippen LogP contribution in [0.1, 0.15) is 31.2 Å². The van der Waals surface area contributed by atoms with Crippen LogP contribution in [0, 0.1) is 6.08 Å². The zero-order valence-corrected chi connectivity index (χ0v) is 17.5. The maximum atomic E-state index is 13.8.